The van der Waals surface area contributed by atoms with Crippen LogP contribution in [0.3, 0.4) is 0 Å². The lowest BCUT2D eigenvalue weighted by atomic mass is 10.0. The molecule has 1 saturated heterocycles. The molecule has 15 heavy (non-hydrogen) atoms. The number of nitrogens with one attached hydrogen (secondary N) is 1. The minimum absolute atomic E-state index is 0.0000926. The third kappa shape index (κ3) is 2.33. The Labute approximate surface area is 99.5 Å². The lowest BCUT2D eigenvalue weighted by molar-refractivity contribution is 0.102. The van der Waals surface area contributed by atoms with Gasteiger partial charge in [-0.1, -0.05) is 11.6 Å². The van der Waals surface area contributed by atoms with E-state index in [0.29, 0.717) is 0 Å². The molecule has 1 aliphatic heterocycles. The maximum Gasteiger partial charge on any atom is 0.114 e. The summed E-state index contributed by atoms with van der Waals surface area (Å²) in [4.78, 5) is 6.84. The Balaban J connectivity index is 2.17. The molecule has 0 saturated carbocycles. The Morgan fingerprint density at radius 2 is 2.13 bits per heavy atom. The van der Waals surface area contributed by atoms with Gasteiger partial charge in [0, 0.05) is 26.2 Å². The summed E-state index contributed by atoms with van der Waals surface area (Å²) in [6.07, 6.45) is 1.74. The van der Waals surface area contributed by atoms with Crippen LogP contribution in [0.5, 0.6) is 0 Å². The van der Waals surface area contributed by atoms with E-state index < -0.39 is 0 Å². The van der Waals surface area contributed by atoms with Gasteiger partial charge in [-0.2, -0.15) is 0 Å². The van der Waals surface area contributed by atoms with Gasteiger partial charge >= 0.3 is 0 Å². The summed E-state index contributed by atoms with van der Waals surface area (Å²) in [5.74, 6) is 0. The summed E-state index contributed by atoms with van der Waals surface area (Å²) in [6.45, 7) is 8.69. The minimum atomic E-state index is -0.0000926. The number of aromatic nitrogens is 1. The second-order valence-corrected chi connectivity index (χ2v) is 5.93. The normalized spacial score (nSPS) is 19.4. The van der Waals surface area contributed by atoms with Gasteiger partial charge in [0.2, 0.25) is 0 Å². The van der Waals surface area contributed by atoms with Crippen LogP contribution < -0.4 is 5.32 Å². The molecule has 1 N–H and O–H groups in total. The molecule has 3 nitrogen and oxygen atoms in total. The van der Waals surface area contributed by atoms with E-state index in [1.807, 2.05) is 0 Å². The van der Waals surface area contributed by atoms with Gasteiger partial charge in [0.05, 0.1) is 11.7 Å². The zero-order valence-corrected chi connectivity index (χ0v) is 10.7. The Morgan fingerprint density at radius 3 is 2.67 bits per heavy atom. The summed E-state index contributed by atoms with van der Waals surface area (Å²) in [5.41, 5.74) is -0.0000926. The highest BCUT2D eigenvalue weighted by Gasteiger charge is 2.32. The molecule has 5 heteroatoms. The maximum absolute atomic E-state index is 5.93. The van der Waals surface area contributed by atoms with Crippen LogP contribution in [0.2, 0.25) is 4.34 Å². The van der Waals surface area contributed by atoms with E-state index in [4.69, 9.17) is 11.6 Å². The van der Waals surface area contributed by atoms with Crippen molar-refractivity contribution in [3.8, 4) is 0 Å². The SMILES string of the molecule is CC(C)(c1ncc(Cl)s1)N1CCNCC1. The summed E-state index contributed by atoms with van der Waals surface area (Å²) < 4.78 is 0.771. The highest BCUT2D eigenvalue weighted by molar-refractivity contribution is 7.15. The lowest BCUT2D eigenvalue weighted by Gasteiger charge is -2.39. The van der Waals surface area contributed by atoms with Crippen LogP contribution in [0, 0.1) is 0 Å². The Bertz CT molecular complexity index is 331. The molecule has 0 aliphatic carbocycles. The fraction of sp³-hybridized carbons (Fsp3) is 0.700. The molecule has 0 spiro atoms. The van der Waals surface area contributed by atoms with Crippen LogP contribution >= 0.6 is 22.9 Å². The van der Waals surface area contributed by atoms with Gasteiger partial charge in [0.15, 0.2) is 0 Å². The van der Waals surface area contributed by atoms with Crippen molar-refractivity contribution in [1.29, 1.82) is 0 Å². The fourth-order valence-corrected chi connectivity index (χ4v) is 2.94. The van der Waals surface area contributed by atoms with E-state index in [2.05, 4.69) is 29.0 Å². The number of hydrogen-bond donors (Lipinski definition) is 1. The van der Waals surface area contributed by atoms with Crippen LogP contribution in [-0.4, -0.2) is 36.1 Å². The second kappa shape index (κ2) is 4.37. The largest absolute Gasteiger partial charge is 0.314 e. The molecule has 0 bridgehead atoms. The molecule has 2 heterocycles. The molecular formula is C10H16ClN3S. The molecule has 1 aromatic heterocycles. The predicted molar refractivity (Wildman–Crippen MR) is 64.6 cm³/mol. The summed E-state index contributed by atoms with van der Waals surface area (Å²) in [5, 5.41) is 4.46. The van der Waals surface area contributed by atoms with Gasteiger partial charge < -0.3 is 5.32 Å². The van der Waals surface area contributed by atoms with Crippen LogP contribution in [0.15, 0.2) is 6.20 Å². The number of halogens is 1. The Morgan fingerprint density at radius 1 is 1.47 bits per heavy atom. The molecule has 0 radical (unpaired) electrons. The van der Waals surface area contributed by atoms with Crippen molar-refractivity contribution in [2.24, 2.45) is 0 Å². The first-order valence-corrected chi connectivity index (χ1v) is 6.38. The van der Waals surface area contributed by atoms with E-state index in [1.165, 1.54) is 0 Å². The average Bonchev–Trinajstić information content (AvgIpc) is 2.67. The standard InChI is InChI=1S/C10H16ClN3S/c1-10(2,9-13-7-8(11)15-9)14-5-3-12-4-6-14/h7,12H,3-6H2,1-2H3. The summed E-state index contributed by atoms with van der Waals surface area (Å²) in [6, 6.07) is 0. The molecular weight excluding hydrogens is 230 g/mol. The van der Waals surface area contributed by atoms with Crippen molar-refractivity contribution in [3.05, 3.63) is 15.5 Å². The maximum atomic E-state index is 5.93. The van der Waals surface area contributed by atoms with Gasteiger partial charge in [0.25, 0.3) is 0 Å². The first-order chi connectivity index (χ1) is 7.10. The van der Waals surface area contributed by atoms with Gasteiger partial charge in [0.1, 0.15) is 9.34 Å². The van der Waals surface area contributed by atoms with Crippen molar-refractivity contribution in [3.63, 3.8) is 0 Å². The number of rotatable bonds is 2. The van der Waals surface area contributed by atoms with E-state index in [9.17, 15) is 0 Å². The van der Waals surface area contributed by atoms with Crippen molar-refractivity contribution in [2.75, 3.05) is 26.2 Å². The topological polar surface area (TPSA) is 28.2 Å². The lowest BCUT2D eigenvalue weighted by Crippen LogP contribution is -2.51. The third-order valence-electron chi connectivity index (χ3n) is 2.91. The summed E-state index contributed by atoms with van der Waals surface area (Å²) >= 11 is 7.51. The first kappa shape index (κ1) is 11.3. The third-order valence-corrected chi connectivity index (χ3v) is 4.34. The van der Waals surface area contributed by atoms with Crippen molar-refractivity contribution in [1.82, 2.24) is 15.2 Å². The minimum Gasteiger partial charge on any atom is -0.314 e. The molecule has 1 aliphatic rings. The zero-order chi connectivity index (χ0) is 10.9. The van der Waals surface area contributed by atoms with Gasteiger partial charge in [-0.3, -0.25) is 4.90 Å². The number of nitrogens with zero attached hydrogens (tertiary/aromatic N) is 2. The molecule has 1 aromatic rings. The van der Waals surface area contributed by atoms with Crippen molar-refractivity contribution < 1.29 is 0 Å². The van der Waals surface area contributed by atoms with E-state index in [-0.39, 0.29) is 5.54 Å². The van der Waals surface area contributed by atoms with Gasteiger partial charge in [-0.15, -0.1) is 11.3 Å². The molecule has 0 atom stereocenters. The quantitative estimate of drug-likeness (QED) is 0.863. The van der Waals surface area contributed by atoms with Crippen LogP contribution in [-0.2, 0) is 5.54 Å². The molecule has 2 rings (SSSR count). The van der Waals surface area contributed by atoms with Crippen LogP contribution in [0.25, 0.3) is 0 Å². The summed E-state index contributed by atoms with van der Waals surface area (Å²) in [7, 11) is 0. The molecule has 1 fully saturated rings. The Kier molecular flexibility index (Phi) is 3.30. The highest BCUT2D eigenvalue weighted by atomic mass is 35.5. The van der Waals surface area contributed by atoms with Gasteiger partial charge in [-0.25, -0.2) is 4.98 Å². The average molecular weight is 246 g/mol. The fourth-order valence-electron chi connectivity index (χ4n) is 1.90. The van der Waals surface area contributed by atoms with E-state index in [1.54, 1.807) is 17.5 Å². The van der Waals surface area contributed by atoms with E-state index in [0.717, 1.165) is 35.5 Å². The molecule has 0 aromatic carbocycles. The zero-order valence-electron chi connectivity index (χ0n) is 9.09. The number of piperazine rings is 1. The number of thiazole rings is 1. The van der Waals surface area contributed by atoms with E-state index >= 15 is 0 Å². The van der Waals surface area contributed by atoms with Gasteiger partial charge in [-0.05, 0) is 13.8 Å². The van der Waals surface area contributed by atoms with Crippen LogP contribution in [0.4, 0.5) is 0 Å². The monoisotopic (exact) mass is 245 g/mol. The smallest absolute Gasteiger partial charge is 0.114 e. The first-order valence-electron chi connectivity index (χ1n) is 5.18. The van der Waals surface area contributed by atoms with Crippen molar-refractivity contribution >= 4 is 22.9 Å². The highest BCUT2D eigenvalue weighted by Crippen LogP contribution is 2.32. The Hall–Kier alpha value is -0.160. The predicted octanol–water partition coefficient (Wildman–Crippen LogP) is 1.94. The number of hydrogen-bond acceptors (Lipinski definition) is 4. The van der Waals surface area contributed by atoms with Crippen LogP contribution in [0.1, 0.15) is 18.9 Å². The molecule has 84 valence electrons. The van der Waals surface area contributed by atoms with Crippen molar-refractivity contribution in [2.45, 2.75) is 19.4 Å². The molecule has 0 amide bonds. The molecule has 0 unspecified atom stereocenters. The second-order valence-electron chi connectivity index (χ2n) is 4.27.